The third kappa shape index (κ3) is 7.11. The first kappa shape index (κ1) is 23.9. The van der Waals surface area contributed by atoms with Gasteiger partial charge in [-0.05, 0) is 56.8 Å². The Balaban J connectivity index is 0.00000300. The van der Waals surface area contributed by atoms with Gasteiger partial charge in [0, 0.05) is 27.7 Å². The third-order valence-corrected chi connectivity index (χ3v) is 5.58. The predicted molar refractivity (Wildman–Crippen MR) is 124 cm³/mol. The van der Waals surface area contributed by atoms with Crippen molar-refractivity contribution in [3.05, 3.63) is 69.2 Å². The Kier molecular flexibility index (Phi) is 10.2. The van der Waals surface area contributed by atoms with E-state index in [4.69, 9.17) is 32.7 Å². The van der Waals surface area contributed by atoms with Crippen LogP contribution in [0.4, 0.5) is 0 Å². The molecule has 0 aromatic heterocycles. The number of hydrogen-bond acceptors (Lipinski definition) is 3. The number of allylic oxidation sites excluding steroid dienone is 1. The van der Waals surface area contributed by atoms with Crippen LogP contribution in [-0.2, 0) is 13.2 Å². The van der Waals surface area contributed by atoms with Crippen LogP contribution >= 0.6 is 35.6 Å². The van der Waals surface area contributed by atoms with Crippen LogP contribution in [0.2, 0.25) is 10.0 Å². The van der Waals surface area contributed by atoms with Gasteiger partial charge in [-0.1, -0.05) is 53.1 Å². The van der Waals surface area contributed by atoms with Crippen molar-refractivity contribution in [2.24, 2.45) is 0 Å². The molecular formula is C23H28Cl3NO2. The Labute approximate surface area is 189 Å². The Morgan fingerprint density at radius 1 is 1.07 bits per heavy atom. The molecule has 158 valence electrons. The highest BCUT2D eigenvalue weighted by atomic mass is 35.5. The second-order valence-corrected chi connectivity index (χ2v) is 7.85. The van der Waals surface area contributed by atoms with Crippen LogP contribution in [0.25, 0.3) is 0 Å². The van der Waals surface area contributed by atoms with Crippen LogP contribution in [0, 0.1) is 0 Å². The van der Waals surface area contributed by atoms with E-state index in [1.807, 2.05) is 24.3 Å². The number of nitrogens with one attached hydrogen (secondary N) is 1. The number of hydrogen-bond donors (Lipinski definition) is 1. The van der Waals surface area contributed by atoms with E-state index in [0.717, 1.165) is 42.1 Å². The SMILES string of the molecule is COc1cccc(CNCCC2=CCCCC2)c1OCc1ccc(Cl)cc1Cl.Cl. The number of halogens is 3. The van der Waals surface area contributed by atoms with Gasteiger partial charge in [0.2, 0.25) is 0 Å². The van der Waals surface area contributed by atoms with Crippen LogP contribution in [0.15, 0.2) is 48.0 Å². The quantitative estimate of drug-likeness (QED) is 0.326. The summed E-state index contributed by atoms with van der Waals surface area (Å²) >= 11 is 12.2. The van der Waals surface area contributed by atoms with Crippen molar-refractivity contribution < 1.29 is 9.47 Å². The highest BCUT2D eigenvalue weighted by molar-refractivity contribution is 6.35. The summed E-state index contributed by atoms with van der Waals surface area (Å²) in [5, 5.41) is 4.75. The molecule has 2 aromatic rings. The molecule has 0 atom stereocenters. The smallest absolute Gasteiger partial charge is 0.166 e. The molecule has 0 radical (unpaired) electrons. The summed E-state index contributed by atoms with van der Waals surface area (Å²) < 4.78 is 11.6. The molecule has 6 heteroatoms. The first-order valence-corrected chi connectivity index (χ1v) is 10.5. The van der Waals surface area contributed by atoms with Crippen LogP contribution in [0.1, 0.15) is 43.2 Å². The van der Waals surface area contributed by atoms with Gasteiger partial charge in [-0.15, -0.1) is 12.4 Å². The maximum Gasteiger partial charge on any atom is 0.166 e. The summed E-state index contributed by atoms with van der Waals surface area (Å²) in [5.74, 6) is 1.47. The zero-order valence-corrected chi connectivity index (χ0v) is 19.0. The van der Waals surface area contributed by atoms with Gasteiger partial charge >= 0.3 is 0 Å². The Hall–Kier alpha value is -1.39. The summed E-state index contributed by atoms with van der Waals surface area (Å²) in [6, 6.07) is 11.4. The van der Waals surface area contributed by atoms with E-state index < -0.39 is 0 Å². The fraction of sp³-hybridized carbons (Fsp3) is 0.391. The topological polar surface area (TPSA) is 30.5 Å². The van der Waals surface area contributed by atoms with Crippen LogP contribution in [0.5, 0.6) is 11.5 Å². The summed E-state index contributed by atoms with van der Waals surface area (Å²) in [7, 11) is 1.66. The second kappa shape index (κ2) is 12.3. The van der Waals surface area contributed by atoms with E-state index in [2.05, 4.69) is 17.5 Å². The van der Waals surface area contributed by atoms with Crippen molar-refractivity contribution in [1.82, 2.24) is 5.32 Å². The molecular weight excluding hydrogens is 429 g/mol. The van der Waals surface area contributed by atoms with Gasteiger partial charge in [0.05, 0.1) is 7.11 Å². The Morgan fingerprint density at radius 3 is 2.66 bits per heavy atom. The molecule has 0 aliphatic heterocycles. The molecule has 1 N–H and O–H groups in total. The number of rotatable bonds is 9. The summed E-state index contributed by atoms with van der Waals surface area (Å²) in [6.07, 6.45) is 8.65. The Bertz CT molecular complexity index is 824. The number of methoxy groups -OCH3 is 1. The average molecular weight is 457 g/mol. The number of ether oxygens (including phenoxy) is 2. The molecule has 0 amide bonds. The van der Waals surface area contributed by atoms with Crippen LogP contribution in [-0.4, -0.2) is 13.7 Å². The van der Waals surface area contributed by atoms with Crippen molar-refractivity contribution >= 4 is 35.6 Å². The fourth-order valence-electron chi connectivity index (χ4n) is 3.42. The van der Waals surface area contributed by atoms with Crippen molar-refractivity contribution in [3.63, 3.8) is 0 Å². The monoisotopic (exact) mass is 455 g/mol. The van der Waals surface area contributed by atoms with Crippen LogP contribution in [0.3, 0.4) is 0 Å². The molecule has 2 aromatic carbocycles. The highest BCUT2D eigenvalue weighted by Gasteiger charge is 2.12. The van der Waals surface area contributed by atoms with E-state index in [1.165, 1.54) is 25.7 Å². The standard InChI is InChI=1S/C23H27Cl2NO2.ClH/c1-27-22-9-5-8-18(15-26-13-12-17-6-3-2-4-7-17)23(22)28-16-19-10-11-20(24)14-21(19)25;/h5-6,8-11,14,26H,2-4,7,12-13,15-16H2,1H3;1H. The maximum absolute atomic E-state index is 6.27. The Morgan fingerprint density at radius 2 is 1.93 bits per heavy atom. The van der Waals surface area contributed by atoms with Gasteiger partial charge in [-0.25, -0.2) is 0 Å². The van der Waals surface area contributed by atoms with E-state index in [-0.39, 0.29) is 12.4 Å². The zero-order chi connectivity index (χ0) is 19.8. The largest absolute Gasteiger partial charge is 0.493 e. The lowest BCUT2D eigenvalue weighted by molar-refractivity contribution is 0.280. The van der Waals surface area contributed by atoms with E-state index in [1.54, 1.807) is 18.7 Å². The number of para-hydroxylation sites is 1. The molecule has 0 saturated heterocycles. The molecule has 1 aliphatic carbocycles. The van der Waals surface area contributed by atoms with Gasteiger partial charge in [0.1, 0.15) is 6.61 Å². The van der Waals surface area contributed by atoms with E-state index in [9.17, 15) is 0 Å². The molecule has 29 heavy (non-hydrogen) atoms. The molecule has 0 saturated carbocycles. The van der Waals surface area contributed by atoms with Gasteiger partial charge < -0.3 is 14.8 Å². The molecule has 0 fully saturated rings. The van der Waals surface area contributed by atoms with Crippen LogP contribution < -0.4 is 14.8 Å². The summed E-state index contributed by atoms with van der Waals surface area (Å²) in [6.45, 7) is 2.05. The minimum Gasteiger partial charge on any atom is -0.493 e. The van der Waals surface area contributed by atoms with Gasteiger partial charge in [-0.3, -0.25) is 0 Å². The molecule has 3 nitrogen and oxygen atoms in total. The molecule has 0 bridgehead atoms. The first-order valence-electron chi connectivity index (χ1n) is 9.78. The van der Waals surface area contributed by atoms with Crippen molar-refractivity contribution in [1.29, 1.82) is 0 Å². The first-order chi connectivity index (χ1) is 13.7. The lowest BCUT2D eigenvalue weighted by Gasteiger charge is -2.17. The van der Waals surface area contributed by atoms with Gasteiger partial charge in [-0.2, -0.15) is 0 Å². The normalized spacial score (nSPS) is 13.4. The number of benzene rings is 2. The lowest BCUT2D eigenvalue weighted by atomic mass is 9.97. The summed E-state index contributed by atoms with van der Waals surface area (Å²) in [4.78, 5) is 0. The predicted octanol–water partition coefficient (Wildman–Crippen LogP) is 6.98. The lowest BCUT2D eigenvalue weighted by Crippen LogP contribution is -2.16. The molecule has 0 heterocycles. The van der Waals surface area contributed by atoms with Crippen molar-refractivity contribution in [3.8, 4) is 11.5 Å². The minimum atomic E-state index is 0. The summed E-state index contributed by atoms with van der Waals surface area (Å²) in [5.41, 5.74) is 3.54. The molecule has 0 spiro atoms. The molecule has 0 unspecified atom stereocenters. The second-order valence-electron chi connectivity index (χ2n) is 7.01. The third-order valence-electron chi connectivity index (χ3n) is 4.99. The highest BCUT2D eigenvalue weighted by Crippen LogP contribution is 2.33. The molecule has 1 aliphatic rings. The van der Waals surface area contributed by atoms with E-state index in [0.29, 0.717) is 16.7 Å². The zero-order valence-electron chi connectivity index (χ0n) is 16.7. The van der Waals surface area contributed by atoms with Gasteiger partial charge in [0.25, 0.3) is 0 Å². The maximum atomic E-state index is 6.27. The average Bonchev–Trinajstić information content (AvgIpc) is 2.71. The molecule has 3 rings (SSSR count). The van der Waals surface area contributed by atoms with E-state index >= 15 is 0 Å². The minimum absolute atomic E-state index is 0. The van der Waals surface area contributed by atoms with Crippen molar-refractivity contribution in [2.75, 3.05) is 13.7 Å². The van der Waals surface area contributed by atoms with Crippen molar-refractivity contribution in [2.45, 2.75) is 45.3 Å². The van der Waals surface area contributed by atoms with Gasteiger partial charge in [0.15, 0.2) is 11.5 Å². The fourth-order valence-corrected chi connectivity index (χ4v) is 3.88.